The predicted molar refractivity (Wildman–Crippen MR) is 63.1 cm³/mol. The average Bonchev–Trinajstić information content (AvgIpc) is 2.34. The molecule has 0 N–H and O–H groups in total. The first-order valence-electron chi connectivity index (χ1n) is 5.11. The molecule has 0 radical (unpaired) electrons. The van der Waals surface area contributed by atoms with E-state index < -0.39 is 11.9 Å². The number of esters is 2. The number of carbonyl (C=O) groups is 2. The van der Waals surface area contributed by atoms with Gasteiger partial charge in [0, 0.05) is 6.92 Å². The number of hydrogen-bond acceptors (Lipinski definition) is 4. The molecule has 0 spiro atoms. The van der Waals surface area contributed by atoms with Crippen LogP contribution < -0.4 is 0 Å². The number of rotatable bonds is 4. The molecule has 0 unspecified atom stereocenters. The van der Waals surface area contributed by atoms with Crippen LogP contribution in [0.1, 0.15) is 12.5 Å². The number of ether oxygens (including phenoxy) is 2. The minimum absolute atomic E-state index is 0.0864. The Morgan fingerprint density at radius 3 is 2.41 bits per heavy atom. The molecule has 0 bridgehead atoms. The maximum atomic E-state index is 11.4. The van der Waals surface area contributed by atoms with Crippen molar-refractivity contribution in [1.29, 1.82) is 0 Å². The van der Waals surface area contributed by atoms with E-state index in [4.69, 9.17) is 4.74 Å². The quantitative estimate of drug-likeness (QED) is 0.589. The van der Waals surface area contributed by atoms with E-state index in [0.717, 1.165) is 5.56 Å². The molecule has 0 aliphatic carbocycles. The lowest BCUT2D eigenvalue weighted by Crippen LogP contribution is -2.12. The van der Waals surface area contributed by atoms with Crippen LogP contribution in [0, 0.1) is 0 Å². The molecule has 0 aliphatic heterocycles. The summed E-state index contributed by atoms with van der Waals surface area (Å²) in [5.74, 6) is -0.942. The number of hydrogen-bond donors (Lipinski definition) is 0. The second-order valence-electron chi connectivity index (χ2n) is 3.35. The summed E-state index contributed by atoms with van der Waals surface area (Å²) >= 11 is 0. The smallest absolute Gasteiger partial charge is 0.337 e. The maximum Gasteiger partial charge on any atom is 0.337 e. The van der Waals surface area contributed by atoms with Gasteiger partial charge in [-0.15, -0.1) is 0 Å². The highest BCUT2D eigenvalue weighted by Gasteiger charge is 2.11. The lowest BCUT2D eigenvalue weighted by Gasteiger charge is -2.05. The van der Waals surface area contributed by atoms with Crippen molar-refractivity contribution in [2.75, 3.05) is 13.7 Å². The third-order valence-electron chi connectivity index (χ3n) is 2.02. The van der Waals surface area contributed by atoms with Crippen LogP contribution in [-0.4, -0.2) is 25.7 Å². The van der Waals surface area contributed by atoms with Gasteiger partial charge < -0.3 is 9.47 Å². The van der Waals surface area contributed by atoms with E-state index in [1.54, 1.807) is 6.08 Å². The average molecular weight is 234 g/mol. The second-order valence-corrected chi connectivity index (χ2v) is 3.35. The topological polar surface area (TPSA) is 52.6 Å². The lowest BCUT2D eigenvalue weighted by atomic mass is 10.1. The molecule has 0 amide bonds. The fourth-order valence-corrected chi connectivity index (χ4v) is 1.22. The van der Waals surface area contributed by atoms with Crippen LogP contribution in [0.3, 0.4) is 0 Å². The van der Waals surface area contributed by atoms with Crippen molar-refractivity contribution in [3.63, 3.8) is 0 Å². The molecule has 0 aromatic heterocycles. The van der Waals surface area contributed by atoms with Crippen LogP contribution >= 0.6 is 0 Å². The summed E-state index contributed by atoms with van der Waals surface area (Å²) in [4.78, 5) is 22.2. The van der Waals surface area contributed by atoms with Gasteiger partial charge in [0.25, 0.3) is 0 Å². The largest absolute Gasteiger partial charge is 0.466 e. The van der Waals surface area contributed by atoms with E-state index in [-0.39, 0.29) is 6.61 Å². The maximum absolute atomic E-state index is 11.4. The summed E-state index contributed by atoms with van der Waals surface area (Å²) in [6, 6.07) is 9.27. The monoisotopic (exact) mass is 234 g/mol. The molecule has 4 heteroatoms. The Morgan fingerprint density at radius 2 is 1.88 bits per heavy atom. The second kappa shape index (κ2) is 6.48. The predicted octanol–water partition coefficient (Wildman–Crippen LogP) is 1.81. The molecule has 0 atom stereocenters. The first-order chi connectivity index (χ1) is 8.13. The Balaban J connectivity index is 2.86. The first kappa shape index (κ1) is 13.0. The van der Waals surface area contributed by atoms with Gasteiger partial charge in [-0.1, -0.05) is 30.3 Å². The van der Waals surface area contributed by atoms with Gasteiger partial charge in [-0.2, -0.15) is 0 Å². The van der Waals surface area contributed by atoms with Gasteiger partial charge in [0.15, 0.2) is 0 Å². The van der Waals surface area contributed by atoms with E-state index >= 15 is 0 Å². The normalized spacial score (nSPS) is 10.8. The summed E-state index contributed by atoms with van der Waals surface area (Å²) < 4.78 is 9.41. The minimum atomic E-state index is -0.505. The lowest BCUT2D eigenvalue weighted by molar-refractivity contribution is -0.141. The van der Waals surface area contributed by atoms with Gasteiger partial charge in [0.1, 0.15) is 6.61 Å². The first-order valence-corrected chi connectivity index (χ1v) is 5.11. The van der Waals surface area contributed by atoms with Crippen LogP contribution in [0.15, 0.2) is 35.9 Å². The molecule has 1 aromatic rings. The third-order valence-corrected chi connectivity index (χ3v) is 2.02. The van der Waals surface area contributed by atoms with Crippen molar-refractivity contribution in [1.82, 2.24) is 0 Å². The summed E-state index contributed by atoms with van der Waals surface area (Å²) in [6.07, 6.45) is 1.63. The molecule has 1 rings (SSSR count). The van der Waals surface area contributed by atoms with Gasteiger partial charge >= 0.3 is 11.9 Å². The highest BCUT2D eigenvalue weighted by Crippen LogP contribution is 2.08. The Labute approximate surface area is 99.8 Å². The van der Waals surface area contributed by atoms with E-state index in [9.17, 15) is 9.59 Å². The van der Waals surface area contributed by atoms with Crippen LogP contribution in [0.5, 0.6) is 0 Å². The van der Waals surface area contributed by atoms with Crippen LogP contribution in [0.4, 0.5) is 0 Å². The van der Waals surface area contributed by atoms with Crippen molar-refractivity contribution >= 4 is 18.0 Å². The molecule has 0 aliphatic rings. The summed E-state index contributed by atoms with van der Waals surface area (Å²) in [6.45, 7) is 1.20. The molecular formula is C13H14O4. The molecule has 0 saturated carbocycles. The summed E-state index contributed by atoms with van der Waals surface area (Å²) in [5, 5.41) is 0. The van der Waals surface area contributed by atoms with Gasteiger partial charge in [-0.3, -0.25) is 4.79 Å². The Hall–Kier alpha value is -2.10. The van der Waals surface area contributed by atoms with Gasteiger partial charge in [-0.05, 0) is 11.6 Å². The van der Waals surface area contributed by atoms with Crippen molar-refractivity contribution in [2.24, 2.45) is 0 Å². The molecule has 90 valence electrons. The number of methoxy groups -OCH3 is 1. The van der Waals surface area contributed by atoms with Gasteiger partial charge in [-0.25, -0.2) is 4.79 Å². The SMILES string of the molecule is COC(=O)/C(=C/c1ccccc1)COC(C)=O. The zero-order valence-electron chi connectivity index (χ0n) is 9.80. The van der Waals surface area contributed by atoms with E-state index in [0.29, 0.717) is 5.57 Å². The molecule has 0 heterocycles. The molecule has 0 saturated heterocycles. The van der Waals surface area contributed by atoms with Crippen LogP contribution in [0.2, 0.25) is 0 Å². The van der Waals surface area contributed by atoms with E-state index in [1.165, 1.54) is 14.0 Å². The Kier molecular flexibility index (Phi) is 4.94. The van der Waals surface area contributed by atoms with Crippen LogP contribution in [0.25, 0.3) is 6.08 Å². The molecule has 1 aromatic carbocycles. The Morgan fingerprint density at radius 1 is 1.24 bits per heavy atom. The number of carbonyl (C=O) groups excluding carboxylic acids is 2. The highest BCUT2D eigenvalue weighted by atomic mass is 16.5. The molecular weight excluding hydrogens is 220 g/mol. The summed E-state index contributed by atoms with van der Waals surface area (Å²) in [7, 11) is 1.29. The van der Waals surface area contributed by atoms with Gasteiger partial charge in [0.2, 0.25) is 0 Å². The van der Waals surface area contributed by atoms with E-state index in [1.807, 2.05) is 30.3 Å². The van der Waals surface area contributed by atoms with E-state index in [2.05, 4.69) is 4.74 Å². The highest BCUT2D eigenvalue weighted by molar-refractivity contribution is 5.94. The Bertz CT molecular complexity index is 420. The fourth-order valence-electron chi connectivity index (χ4n) is 1.22. The zero-order chi connectivity index (χ0) is 12.7. The standard InChI is InChI=1S/C13H14O4/c1-10(14)17-9-12(13(15)16-2)8-11-6-4-3-5-7-11/h3-8H,9H2,1-2H3/b12-8+. The van der Waals surface area contributed by atoms with Crippen LogP contribution in [-0.2, 0) is 19.1 Å². The third kappa shape index (κ3) is 4.51. The zero-order valence-corrected chi connectivity index (χ0v) is 9.80. The fraction of sp³-hybridized carbons (Fsp3) is 0.231. The molecule has 0 fully saturated rings. The molecule has 17 heavy (non-hydrogen) atoms. The van der Waals surface area contributed by atoms with Crippen molar-refractivity contribution in [3.05, 3.63) is 41.5 Å². The van der Waals surface area contributed by atoms with Gasteiger partial charge in [0.05, 0.1) is 12.7 Å². The van der Waals surface area contributed by atoms with Crippen molar-refractivity contribution in [2.45, 2.75) is 6.92 Å². The van der Waals surface area contributed by atoms with Crippen molar-refractivity contribution in [3.8, 4) is 0 Å². The minimum Gasteiger partial charge on any atom is -0.466 e. The van der Waals surface area contributed by atoms with Crippen molar-refractivity contribution < 1.29 is 19.1 Å². The molecule has 4 nitrogen and oxygen atoms in total. The number of benzene rings is 1. The summed E-state index contributed by atoms with van der Waals surface area (Å²) in [5.41, 5.74) is 1.15.